The summed E-state index contributed by atoms with van der Waals surface area (Å²) in [5.74, 6) is -2.05. The van der Waals surface area contributed by atoms with E-state index in [9.17, 15) is 19.5 Å². The first-order valence-electron chi connectivity index (χ1n) is 11.1. The maximum atomic E-state index is 13.2. The molecule has 0 aliphatic carbocycles. The van der Waals surface area contributed by atoms with Crippen molar-refractivity contribution in [2.24, 2.45) is 5.92 Å². The van der Waals surface area contributed by atoms with Crippen molar-refractivity contribution in [1.29, 1.82) is 0 Å². The summed E-state index contributed by atoms with van der Waals surface area (Å²) in [6.45, 7) is 4.78. The first kappa shape index (κ1) is 24.2. The van der Waals surface area contributed by atoms with Gasteiger partial charge in [-0.15, -0.1) is 0 Å². The highest BCUT2D eigenvalue weighted by atomic mass is 16.7. The summed E-state index contributed by atoms with van der Waals surface area (Å²) in [5, 5.41) is 12.7. The third-order valence-electron chi connectivity index (χ3n) is 5.89. The van der Waals surface area contributed by atoms with Crippen LogP contribution >= 0.6 is 0 Å². The van der Waals surface area contributed by atoms with E-state index >= 15 is 0 Å². The zero-order valence-corrected chi connectivity index (χ0v) is 18.6. The molecule has 1 amide bonds. The largest absolute Gasteiger partial charge is 0.480 e. The van der Waals surface area contributed by atoms with Crippen LogP contribution in [0.3, 0.4) is 0 Å². The average molecular weight is 449 g/mol. The number of likely N-dealkylation sites (tertiary alicyclic amines) is 1. The highest BCUT2D eigenvalue weighted by molar-refractivity contribution is 5.88. The summed E-state index contributed by atoms with van der Waals surface area (Å²) < 4.78 is 16.2. The third-order valence-corrected chi connectivity index (χ3v) is 5.89. The number of carboxylic acid groups (broad SMARTS) is 1. The molecule has 2 heterocycles. The van der Waals surface area contributed by atoms with Crippen LogP contribution in [0, 0.1) is 5.92 Å². The number of benzene rings is 1. The summed E-state index contributed by atoms with van der Waals surface area (Å²) in [6, 6.07) is 7.36. The lowest BCUT2D eigenvalue weighted by molar-refractivity contribution is -0.150. The molecule has 176 valence electrons. The van der Waals surface area contributed by atoms with Gasteiger partial charge in [-0.1, -0.05) is 30.3 Å². The van der Waals surface area contributed by atoms with Gasteiger partial charge in [0.25, 0.3) is 0 Å². The van der Waals surface area contributed by atoms with E-state index < -0.39 is 36.4 Å². The Bertz CT molecular complexity index is 782. The second-order valence-corrected chi connectivity index (χ2v) is 8.17. The van der Waals surface area contributed by atoms with Crippen molar-refractivity contribution in [3.63, 3.8) is 0 Å². The number of esters is 1. The minimum Gasteiger partial charge on any atom is -0.480 e. The molecule has 2 N–H and O–H groups in total. The molecule has 9 heteroatoms. The molecule has 32 heavy (non-hydrogen) atoms. The fourth-order valence-electron chi connectivity index (χ4n) is 4.28. The van der Waals surface area contributed by atoms with Crippen molar-refractivity contribution in [2.45, 2.75) is 57.5 Å². The third kappa shape index (κ3) is 6.05. The van der Waals surface area contributed by atoms with Gasteiger partial charge in [0, 0.05) is 12.5 Å². The van der Waals surface area contributed by atoms with Crippen molar-refractivity contribution in [3.8, 4) is 0 Å². The highest BCUT2D eigenvalue weighted by Gasteiger charge is 2.45. The molecular weight excluding hydrogens is 416 g/mol. The molecule has 1 aromatic rings. The smallest absolute Gasteiger partial charge is 0.326 e. The zero-order chi connectivity index (χ0) is 23.1. The van der Waals surface area contributed by atoms with E-state index in [1.54, 1.807) is 13.8 Å². The lowest BCUT2D eigenvalue weighted by atomic mass is 10.0. The molecule has 2 fully saturated rings. The van der Waals surface area contributed by atoms with Crippen molar-refractivity contribution >= 4 is 17.8 Å². The number of hydrogen-bond donors (Lipinski definition) is 2. The molecule has 2 aliphatic heterocycles. The minimum absolute atomic E-state index is 0.200. The Morgan fingerprint density at radius 1 is 1.22 bits per heavy atom. The van der Waals surface area contributed by atoms with Crippen molar-refractivity contribution in [3.05, 3.63) is 35.9 Å². The first-order chi connectivity index (χ1) is 15.4. The number of carbonyl (C=O) groups is 3. The Balaban J connectivity index is 1.65. The lowest BCUT2D eigenvalue weighted by Crippen LogP contribution is -2.53. The molecule has 3 rings (SSSR count). The van der Waals surface area contributed by atoms with Crippen LogP contribution in [-0.4, -0.2) is 78.6 Å². The Labute approximate surface area is 188 Å². The van der Waals surface area contributed by atoms with E-state index in [0.717, 1.165) is 5.56 Å². The lowest BCUT2D eigenvalue weighted by Gasteiger charge is -2.28. The number of rotatable bonds is 10. The van der Waals surface area contributed by atoms with Gasteiger partial charge in [0.15, 0.2) is 6.29 Å². The Kier molecular flexibility index (Phi) is 8.60. The molecule has 4 atom stereocenters. The number of nitrogens with zero attached hydrogens (tertiary/aromatic N) is 1. The van der Waals surface area contributed by atoms with Gasteiger partial charge in [-0.2, -0.15) is 0 Å². The molecule has 2 aliphatic rings. The summed E-state index contributed by atoms with van der Waals surface area (Å²) >= 11 is 0. The maximum Gasteiger partial charge on any atom is 0.326 e. The monoisotopic (exact) mass is 448 g/mol. The first-order valence-corrected chi connectivity index (χ1v) is 11.1. The van der Waals surface area contributed by atoms with E-state index in [1.165, 1.54) is 4.90 Å². The standard InChI is InChI=1S/C23H32N2O7/c1-3-30-22(29)18(10-9-16-7-5-4-6-8-16)24-15(2)20(26)25-14-17(13-19(25)21(27)28)23-31-11-12-32-23/h4-8,15,17-19,23-24H,3,9-14H2,1-2H3,(H,27,28)/t15-,17?,18?,19?/m0/s1. The highest BCUT2D eigenvalue weighted by Crippen LogP contribution is 2.30. The van der Waals surface area contributed by atoms with Crippen molar-refractivity contribution in [2.75, 3.05) is 26.4 Å². The van der Waals surface area contributed by atoms with E-state index in [4.69, 9.17) is 14.2 Å². The van der Waals surface area contributed by atoms with Crippen molar-refractivity contribution in [1.82, 2.24) is 10.2 Å². The molecule has 3 unspecified atom stereocenters. The predicted octanol–water partition coefficient (Wildman–Crippen LogP) is 1.20. The number of carboxylic acids is 1. The van der Waals surface area contributed by atoms with Gasteiger partial charge in [-0.25, -0.2) is 4.79 Å². The molecular formula is C23H32N2O7. The molecule has 0 aromatic heterocycles. The van der Waals surface area contributed by atoms with Crippen LogP contribution < -0.4 is 5.32 Å². The Morgan fingerprint density at radius 2 is 1.91 bits per heavy atom. The number of aryl methyl sites for hydroxylation is 1. The molecule has 0 saturated carbocycles. The SMILES string of the molecule is CCOC(=O)C(CCc1ccccc1)N[C@@H](C)C(=O)N1CC(C2OCCO2)CC1C(=O)O. The van der Waals surface area contributed by atoms with Crippen LogP contribution in [0.15, 0.2) is 30.3 Å². The van der Waals surface area contributed by atoms with Gasteiger partial charge in [-0.3, -0.25) is 14.9 Å². The van der Waals surface area contributed by atoms with Crippen LogP contribution in [-0.2, 0) is 35.0 Å². The van der Waals surface area contributed by atoms with Crippen LogP contribution in [0.5, 0.6) is 0 Å². The van der Waals surface area contributed by atoms with E-state index in [1.807, 2.05) is 30.3 Å². The van der Waals surface area contributed by atoms with Crippen LogP contribution in [0.25, 0.3) is 0 Å². The molecule has 0 radical (unpaired) electrons. The number of aliphatic carboxylic acids is 1. The minimum atomic E-state index is -1.06. The van der Waals surface area contributed by atoms with Crippen LogP contribution in [0.1, 0.15) is 32.3 Å². The van der Waals surface area contributed by atoms with Gasteiger partial charge in [0.05, 0.1) is 25.9 Å². The molecule has 9 nitrogen and oxygen atoms in total. The number of ether oxygens (including phenoxy) is 3. The summed E-state index contributed by atoms with van der Waals surface area (Å²) in [5.41, 5.74) is 1.08. The quantitative estimate of drug-likeness (QED) is 0.514. The van der Waals surface area contributed by atoms with Gasteiger partial charge < -0.3 is 24.2 Å². The number of hydrogen-bond acceptors (Lipinski definition) is 7. The summed E-state index contributed by atoms with van der Waals surface area (Å²) in [6.07, 6.45) is 0.872. The van der Waals surface area contributed by atoms with Gasteiger partial charge >= 0.3 is 11.9 Å². The number of carbonyl (C=O) groups excluding carboxylic acids is 2. The topological polar surface area (TPSA) is 114 Å². The van der Waals surface area contributed by atoms with Gasteiger partial charge in [0.2, 0.25) is 5.91 Å². The van der Waals surface area contributed by atoms with Crippen molar-refractivity contribution < 1.29 is 33.7 Å². The molecule has 2 saturated heterocycles. The maximum absolute atomic E-state index is 13.2. The van der Waals surface area contributed by atoms with E-state index in [-0.39, 0.29) is 31.4 Å². The summed E-state index contributed by atoms with van der Waals surface area (Å²) in [7, 11) is 0. The van der Waals surface area contributed by atoms with Gasteiger partial charge in [-0.05, 0) is 38.7 Å². The number of amides is 1. The fraction of sp³-hybridized carbons (Fsp3) is 0.609. The van der Waals surface area contributed by atoms with Crippen LogP contribution in [0.2, 0.25) is 0 Å². The second kappa shape index (κ2) is 11.4. The molecule has 0 spiro atoms. The summed E-state index contributed by atoms with van der Waals surface area (Å²) in [4.78, 5) is 38.8. The molecule has 1 aromatic carbocycles. The van der Waals surface area contributed by atoms with E-state index in [2.05, 4.69) is 5.32 Å². The van der Waals surface area contributed by atoms with E-state index in [0.29, 0.717) is 26.1 Å². The van der Waals surface area contributed by atoms with Crippen LogP contribution in [0.4, 0.5) is 0 Å². The van der Waals surface area contributed by atoms with Gasteiger partial charge in [0.1, 0.15) is 12.1 Å². The fourth-order valence-corrected chi connectivity index (χ4v) is 4.28. The predicted molar refractivity (Wildman–Crippen MR) is 115 cm³/mol. The normalized spacial score (nSPS) is 23.1. The molecule has 0 bridgehead atoms. The number of nitrogens with one attached hydrogen (secondary N) is 1. The Hall–Kier alpha value is -2.49. The average Bonchev–Trinajstić information content (AvgIpc) is 3.46. The second-order valence-electron chi connectivity index (χ2n) is 8.17. The Morgan fingerprint density at radius 3 is 2.53 bits per heavy atom. The zero-order valence-electron chi connectivity index (χ0n) is 18.6.